The molecule has 0 fully saturated rings. The maximum atomic E-state index is 11.8. The van der Waals surface area contributed by atoms with E-state index < -0.39 is 5.91 Å². The number of phenolic OH excluding ortho intramolecular Hbond substituents is 1. The molecule has 6 nitrogen and oxygen atoms in total. The van der Waals surface area contributed by atoms with Crippen LogP contribution in [0, 0.1) is 13.8 Å². The van der Waals surface area contributed by atoms with Crippen molar-refractivity contribution in [3.63, 3.8) is 0 Å². The number of nitrogens with two attached hydrogens (primary N) is 2. The number of rotatable bonds is 2. The molecule has 1 amide bonds. The third kappa shape index (κ3) is 1.88. The molecular formula is C16H16N4O2. The molecular weight excluding hydrogens is 280 g/mol. The number of hydrogen-bond acceptors (Lipinski definition) is 4. The standard InChI is InChI=1S/C16H16N4O2/c1-7-3-4-11(21)8(2)12(7)9-5-10-15(20-6-19-10)13(14(9)17)16(18)22/h3-6,21H,17H2,1-2H3,(H2,18,22)(H,19,20). The van der Waals surface area contributed by atoms with Crippen LogP contribution in [0.3, 0.4) is 0 Å². The molecule has 2 aromatic carbocycles. The molecule has 1 heterocycles. The van der Waals surface area contributed by atoms with Crippen LogP contribution >= 0.6 is 0 Å². The molecule has 0 aliphatic carbocycles. The highest BCUT2D eigenvalue weighted by Gasteiger charge is 2.20. The summed E-state index contributed by atoms with van der Waals surface area (Å²) in [6.45, 7) is 3.72. The average molecular weight is 296 g/mol. The van der Waals surface area contributed by atoms with Crippen LogP contribution < -0.4 is 11.5 Å². The van der Waals surface area contributed by atoms with Gasteiger partial charge in [0.2, 0.25) is 0 Å². The summed E-state index contributed by atoms with van der Waals surface area (Å²) in [7, 11) is 0. The van der Waals surface area contributed by atoms with E-state index in [1.165, 1.54) is 6.33 Å². The highest BCUT2D eigenvalue weighted by molar-refractivity contribution is 6.12. The van der Waals surface area contributed by atoms with Gasteiger partial charge in [-0.25, -0.2) is 4.98 Å². The summed E-state index contributed by atoms with van der Waals surface area (Å²) in [5.74, 6) is -0.461. The van der Waals surface area contributed by atoms with Gasteiger partial charge in [0.05, 0.1) is 23.1 Å². The number of benzene rings is 2. The number of carbonyl (C=O) groups excluding carboxylic acids is 1. The van der Waals surface area contributed by atoms with Gasteiger partial charge >= 0.3 is 0 Å². The van der Waals surface area contributed by atoms with Gasteiger partial charge in [-0.2, -0.15) is 0 Å². The van der Waals surface area contributed by atoms with Gasteiger partial charge in [-0.3, -0.25) is 4.79 Å². The molecule has 0 radical (unpaired) electrons. The van der Waals surface area contributed by atoms with E-state index in [0.717, 1.165) is 11.1 Å². The number of phenols is 1. The van der Waals surface area contributed by atoms with Gasteiger partial charge in [0, 0.05) is 5.56 Å². The number of aromatic nitrogens is 2. The van der Waals surface area contributed by atoms with Crippen molar-refractivity contribution in [2.24, 2.45) is 5.73 Å². The van der Waals surface area contributed by atoms with E-state index in [0.29, 0.717) is 22.2 Å². The number of fused-ring (bicyclic) bond motifs is 1. The Morgan fingerprint density at radius 1 is 1.32 bits per heavy atom. The van der Waals surface area contributed by atoms with Crippen LogP contribution in [-0.2, 0) is 0 Å². The van der Waals surface area contributed by atoms with Crippen molar-refractivity contribution in [3.8, 4) is 16.9 Å². The molecule has 0 aliphatic heterocycles. The van der Waals surface area contributed by atoms with Crippen LogP contribution in [0.15, 0.2) is 24.5 Å². The SMILES string of the molecule is Cc1ccc(O)c(C)c1-c1cc2[nH]cnc2c(C(N)=O)c1N. The van der Waals surface area contributed by atoms with Crippen molar-refractivity contribution >= 4 is 22.6 Å². The molecule has 0 aliphatic rings. The number of amides is 1. The highest BCUT2D eigenvalue weighted by Crippen LogP contribution is 2.39. The zero-order valence-electron chi connectivity index (χ0n) is 12.3. The van der Waals surface area contributed by atoms with E-state index in [9.17, 15) is 9.90 Å². The molecule has 3 aromatic rings. The monoisotopic (exact) mass is 296 g/mol. The predicted octanol–water partition coefficient (Wildman–Crippen LogP) is 2.23. The van der Waals surface area contributed by atoms with Crippen LogP contribution in [0.4, 0.5) is 5.69 Å². The van der Waals surface area contributed by atoms with Gasteiger partial charge in [0.25, 0.3) is 5.91 Å². The number of aromatic amines is 1. The smallest absolute Gasteiger partial charge is 0.253 e. The summed E-state index contributed by atoms with van der Waals surface area (Å²) in [5.41, 5.74) is 16.3. The van der Waals surface area contributed by atoms with Crippen LogP contribution in [0.5, 0.6) is 5.75 Å². The number of nitrogen functional groups attached to an aromatic ring is 1. The molecule has 0 spiro atoms. The second-order valence-electron chi connectivity index (χ2n) is 5.28. The van der Waals surface area contributed by atoms with Crippen molar-refractivity contribution < 1.29 is 9.90 Å². The predicted molar refractivity (Wildman–Crippen MR) is 85.6 cm³/mol. The van der Waals surface area contributed by atoms with Crippen LogP contribution in [-0.4, -0.2) is 21.0 Å². The van der Waals surface area contributed by atoms with E-state index in [1.54, 1.807) is 19.1 Å². The molecule has 0 saturated heterocycles. The molecule has 0 unspecified atom stereocenters. The maximum absolute atomic E-state index is 11.8. The quantitative estimate of drug-likeness (QED) is 0.542. The van der Waals surface area contributed by atoms with Gasteiger partial charge in [-0.15, -0.1) is 0 Å². The second kappa shape index (κ2) is 4.77. The topological polar surface area (TPSA) is 118 Å². The van der Waals surface area contributed by atoms with Crippen LogP contribution in [0.25, 0.3) is 22.2 Å². The summed E-state index contributed by atoms with van der Waals surface area (Å²) < 4.78 is 0. The molecule has 6 N–H and O–H groups in total. The summed E-state index contributed by atoms with van der Waals surface area (Å²) in [5, 5.41) is 9.98. The van der Waals surface area contributed by atoms with Gasteiger partial charge in [0.1, 0.15) is 11.3 Å². The Labute approximate surface area is 126 Å². The lowest BCUT2D eigenvalue weighted by atomic mass is 9.91. The number of aryl methyl sites for hydroxylation is 1. The Hall–Kier alpha value is -3.02. The molecule has 1 aromatic heterocycles. The molecule has 3 rings (SSSR count). The maximum Gasteiger partial charge on any atom is 0.253 e. The normalized spacial score (nSPS) is 11.0. The number of primary amides is 1. The highest BCUT2D eigenvalue weighted by atomic mass is 16.3. The van der Waals surface area contributed by atoms with E-state index >= 15 is 0 Å². The first kappa shape index (κ1) is 13.9. The average Bonchev–Trinajstić information content (AvgIpc) is 2.91. The Bertz CT molecular complexity index is 912. The van der Waals surface area contributed by atoms with Gasteiger partial charge < -0.3 is 21.6 Å². The Kier molecular flexibility index (Phi) is 3.02. The first-order chi connectivity index (χ1) is 10.4. The van der Waals surface area contributed by atoms with E-state index in [2.05, 4.69) is 9.97 Å². The molecule has 0 atom stereocenters. The zero-order valence-corrected chi connectivity index (χ0v) is 12.3. The first-order valence-electron chi connectivity index (χ1n) is 6.76. The third-order valence-corrected chi connectivity index (χ3v) is 3.91. The molecule has 22 heavy (non-hydrogen) atoms. The Morgan fingerprint density at radius 3 is 2.73 bits per heavy atom. The number of carbonyl (C=O) groups is 1. The lowest BCUT2D eigenvalue weighted by molar-refractivity contribution is 0.100. The molecule has 112 valence electrons. The molecule has 6 heteroatoms. The molecule has 0 bridgehead atoms. The van der Waals surface area contributed by atoms with Gasteiger partial charge in [-0.05, 0) is 42.7 Å². The summed E-state index contributed by atoms with van der Waals surface area (Å²) >= 11 is 0. The fourth-order valence-electron chi connectivity index (χ4n) is 2.80. The number of nitrogens with zero attached hydrogens (tertiary/aromatic N) is 1. The fourth-order valence-corrected chi connectivity index (χ4v) is 2.80. The third-order valence-electron chi connectivity index (χ3n) is 3.91. The number of H-pyrrole nitrogens is 1. The largest absolute Gasteiger partial charge is 0.508 e. The number of anilines is 1. The zero-order chi connectivity index (χ0) is 16.0. The number of hydrogen-bond donors (Lipinski definition) is 4. The van der Waals surface area contributed by atoms with Gasteiger partial charge in [-0.1, -0.05) is 6.07 Å². The Balaban J connectivity index is 2.45. The lowest BCUT2D eigenvalue weighted by Crippen LogP contribution is -2.15. The Morgan fingerprint density at radius 2 is 2.05 bits per heavy atom. The minimum atomic E-state index is -0.632. The fraction of sp³-hybridized carbons (Fsp3) is 0.125. The van der Waals surface area contributed by atoms with Crippen molar-refractivity contribution in [1.82, 2.24) is 9.97 Å². The van der Waals surface area contributed by atoms with Crippen LogP contribution in [0.1, 0.15) is 21.5 Å². The van der Waals surface area contributed by atoms with Gasteiger partial charge in [0.15, 0.2) is 0 Å². The van der Waals surface area contributed by atoms with Crippen LogP contribution in [0.2, 0.25) is 0 Å². The van der Waals surface area contributed by atoms with E-state index in [-0.39, 0.29) is 17.0 Å². The van der Waals surface area contributed by atoms with E-state index in [4.69, 9.17) is 11.5 Å². The number of aromatic hydroxyl groups is 1. The van der Waals surface area contributed by atoms with Crippen molar-refractivity contribution in [2.75, 3.05) is 5.73 Å². The van der Waals surface area contributed by atoms with Crippen molar-refractivity contribution in [1.29, 1.82) is 0 Å². The van der Waals surface area contributed by atoms with Crippen molar-refractivity contribution in [3.05, 3.63) is 41.2 Å². The number of nitrogens with one attached hydrogen (secondary N) is 1. The molecule has 0 saturated carbocycles. The van der Waals surface area contributed by atoms with Crippen molar-refractivity contribution in [2.45, 2.75) is 13.8 Å². The van der Waals surface area contributed by atoms with E-state index in [1.807, 2.05) is 13.0 Å². The minimum Gasteiger partial charge on any atom is -0.508 e. The summed E-state index contributed by atoms with van der Waals surface area (Å²) in [6, 6.07) is 5.26. The lowest BCUT2D eigenvalue weighted by Gasteiger charge is -2.16. The summed E-state index contributed by atoms with van der Waals surface area (Å²) in [4.78, 5) is 18.9. The summed E-state index contributed by atoms with van der Waals surface area (Å²) in [6.07, 6.45) is 1.49. The second-order valence-corrected chi connectivity index (χ2v) is 5.28. The minimum absolute atomic E-state index is 0.172. The first-order valence-corrected chi connectivity index (χ1v) is 6.76. The number of imidazole rings is 1.